The number of aromatic nitrogens is 2. The van der Waals surface area contributed by atoms with Gasteiger partial charge in [0.05, 0.1) is 42.4 Å². The van der Waals surface area contributed by atoms with Crippen LogP contribution in [-0.4, -0.2) is 57.6 Å². The highest BCUT2D eigenvalue weighted by molar-refractivity contribution is 6.04. The van der Waals surface area contributed by atoms with Gasteiger partial charge in [-0.1, -0.05) is 19.9 Å². The minimum absolute atomic E-state index is 0.00555. The minimum Gasteiger partial charge on any atom is -0.496 e. The number of carboxylic acids is 1. The quantitative estimate of drug-likeness (QED) is 0.287. The molecule has 2 aliphatic rings. The summed E-state index contributed by atoms with van der Waals surface area (Å²) >= 11 is 0. The molecule has 2 aliphatic carbocycles. The Bertz CT molecular complexity index is 1320. The normalized spacial score (nSPS) is 22.6. The second-order valence-corrected chi connectivity index (χ2v) is 12.3. The van der Waals surface area contributed by atoms with E-state index in [1.165, 1.54) is 19.2 Å². The summed E-state index contributed by atoms with van der Waals surface area (Å²) in [5.41, 5.74) is -3.34. The molecule has 1 heterocycles. The number of benzene rings is 1. The van der Waals surface area contributed by atoms with E-state index in [-0.39, 0.29) is 54.9 Å². The molecule has 0 bridgehead atoms. The molecule has 4 rings (SSSR count). The number of amides is 1. The summed E-state index contributed by atoms with van der Waals surface area (Å²) in [5, 5.41) is 13.5. The summed E-state index contributed by atoms with van der Waals surface area (Å²) in [4.78, 5) is 39.7. The molecule has 8 nitrogen and oxygen atoms in total. The van der Waals surface area contributed by atoms with E-state index < -0.39 is 58.9 Å². The first kappa shape index (κ1) is 30.5. The van der Waals surface area contributed by atoms with Crippen LogP contribution in [0.3, 0.4) is 0 Å². The van der Waals surface area contributed by atoms with Crippen molar-refractivity contribution >= 4 is 17.7 Å². The Kier molecular flexibility index (Phi) is 8.26. The number of ether oxygens (including phenoxy) is 1. The summed E-state index contributed by atoms with van der Waals surface area (Å²) in [6.07, 6.45) is -2.04. The molecule has 1 amide bonds. The summed E-state index contributed by atoms with van der Waals surface area (Å²) < 4.78 is 63.9. The highest BCUT2D eigenvalue weighted by Gasteiger charge is 2.46. The van der Waals surface area contributed by atoms with Crippen LogP contribution in [0.5, 0.6) is 5.75 Å². The maximum absolute atomic E-state index is 14.6. The lowest BCUT2D eigenvalue weighted by molar-refractivity contribution is -0.152. The van der Waals surface area contributed by atoms with E-state index in [4.69, 9.17) is 4.74 Å². The van der Waals surface area contributed by atoms with E-state index in [1.807, 2.05) is 13.8 Å². The average Bonchev–Trinajstić information content (AvgIpc) is 3.32. The zero-order valence-corrected chi connectivity index (χ0v) is 23.6. The fraction of sp³-hybridized carbons (Fsp3) is 0.586. The Hall–Kier alpha value is -3.44. The van der Waals surface area contributed by atoms with Crippen LogP contribution in [0.4, 0.5) is 17.6 Å². The number of rotatable bonds is 9. The number of carboxylic acid groups (broad SMARTS) is 1. The second kappa shape index (κ2) is 11.1. The van der Waals surface area contributed by atoms with Crippen molar-refractivity contribution in [2.45, 2.75) is 71.5 Å². The van der Waals surface area contributed by atoms with Crippen molar-refractivity contribution in [2.75, 3.05) is 20.2 Å². The monoisotopic (exact) mass is 581 g/mol. The van der Waals surface area contributed by atoms with Crippen LogP contribution in [0.15, 0.2) is 24.4 Å². The summed E-state index contributed by atoms with van der Waals surface area (Å²) in [6.45, 7) is 5.02. The van der Waals surface area contributed by atoms with Crippen LogP contribution in [0, 0.1) is 22.6 Å². The van der Waals surface area contributed by atoms with Crippen LogP contribution in [0.25, 0.3) is 0 Å². The van der Waals surface area contributed by atoms with E-state index >= 15 is 0 Å². The lowest BCUT2D eigenvalue weighted by Gasteiger charge is -2.44. The number of methoxy groups -OCH3 is 1. The number of alkyl halides is 3. The molecule has 1 N–H and O–H groups in total. The number of hydrogen-bond donors (Lipinski definition) is 1. The Morgan fingerprint density at radius 1 is 1.15 bits per heavy atom. The molecule has 0 saturated heterocycles. The van der Waals surface area contributed by atoms with Gasteiger partial charge in [0.2, 0.25) is 0 Å². The topological polar surface area (TPSA) is 102 Å². The van der Waals surface area contributed by atoms with Gasteiger partial charge in [-0.3, -0.25) is 19.1 Å². The molecular weight excluding hydrogens is 546 g/mol. The molecular formula is C29H35F4N3O5. The van der Waals surface area contributed by atoms with Gasteiger partial charge in [-0.25, -0.2) is 4.39 Å². The van der Waals surface area contributed by atoms with E-state index in [2.05, 4.69) is 5.10 Å². The summed E-state index contributed by atoms with van der Waals surface area (Å²) in [5.74, 6) is -3.77. The van der Waals surface area contributed by atoms with Crippen molar-refractivity contribution in [1.29, 1.82) is 0 Å². The molecule has 0 spiro atoms. The molecule has 0 aliphatic heterocycles. The maximum Gasteiger partial charge on any atom is 0.433 e. The number of nitrogens with zero attached hydrogens (tertiary/aromatic N) is 3. The van der Waals surface area contributed by atoms with Gasteiger partial charge < -0.3 is 14.7 Å². The first-order chi connectivity index (χ1) is 19.1. The van der Waals surface area contributed by atoms with E-state index in [1.54, 1.807) is 6.92 Å². The van der Waals surface area contributed by atoms with Gasteiger partial charge in [0.1, 0.15) is 11.6 Å². The highest BCUT2D eigenvalue weighted by Crippen LogP contribution is 2.46. The van der Waals surface area contributed by atoms with Crippen molar-refractivity contribution in [3.05, 3.63) is 47.0 Å². The maximum atomic E-state index is 14.6. The molecule has 2 saturated carbocycles. The molecule has 1 aromatic heterocycles. The summed E-state index contributed by atoms with van der Waals surface area (Å²) in [7, 11) is 1.26. The number of halogens is 4. The van der Waals surface area contributed by atoms with Gasteiger partial charge in [-0.2, -0.15) is 18.3 Å². The summed E-state index contributed by atoms with van der Waals surface area (Å²) in [6, 6.07) is 3.08. The minimum atomic E-state index is -4.95. The zero-order chi connectivity index (χ0) is 30.3. The first-order valence-electron chi connectivity index (χ1n) is 13.6. The van der Waals surface area contributed by atoms with Crippen LogP contribution in [-0.2, 0) is 11.0 Å². The van der Waals surface area contributed by atoms with Gasteiger partial charge in [-0.15, -0.1) is 0 Å². The standard InChI is InChI=1S/C29H35F4N3O5/c1-27(2)12-17(13-27)15-35(16-21(37)23-20(30)6-5-7-22(23)41-4)25(38)19-14-34-36(24(19)29(31,32)33)18-8-10-28(3,11-9-18)26(39)40/h5-7,14,17-18H,8-13,15-16H2,1-4H3,(H,39,40). The Morgan fingerprint density at radius 2 is 1.78 bits per heavy atom. The molecule has 1 aromatic carbocycles. The molecule has 0 unspecified atom stereocenters. The lowest BCUT2D eigenvalue weighted by atomic mass is 9.64. The molecule has 2 aromatic rings. The predicted octanol–water partition coefficient (Wildman–Crippen LogP) is 6.02. The Balaban J connectivity index is 1.66. The number of aliphatic carboxylic acids is 1. The Morgan fingerprint density at radius 3 is 2.32 bits per heavy atom. The third-order valence-corrected chi connectivity index (χ3v) is 8.47. The molecule has 12 heteroatoms. The fourth-order valence-electron chi connectivity index (χ4n) is 6.31. The number of hydrogen-bond acceptors (Lipinski definition) is 5. The van der Waals surface area contributed by atoms with Crippen molar-refractivity contribution in [3.63, 3.8) is 0 Å². The molecule has 41 heavy (non-hydrogen) atoms. The average molecular weight is 582 g/mol. The Labute approximate surface area is 235 Å². The highest BCUT2D eigenvalue weighted by atomic mass is 19.4. The smallest absolute Gasteiger partial charge is 0.433 e. The molecule has 0 radical (unpaired) electrons. The predicted molar refractivity (Wildman–Crippen MR) is 140 cm³/mol. The SMILES string of the molecule is COc1cccc(F)c1C(=O)CN(CC1CC(C)(C)C1)C(=O)c1cnn(C2CCC(C)(C(=O)O)CC2)c1C(F)(F)F. The number of ketones is 1. The van der Waals surface area contributed by atoms with Crippen molar-refractivity contribution in [1.82, 2.24) is 14.7 Å². The van der Waals surface area contributed by atoms with Gasteiger partial charge in [0.15, 0.2) is 11.5 Å². The zero-order valence-electron chi connectivity index (χ0n) is 23.6. The second-order valence-electron chi connectivity index (χ2n) is 12.3. The van der Waals surface area contributed by atoms with Crippen molar-refractivity contribution in [2.24, 2.45) is 16.7 Å². The van der Waals surface area contributed by atoms with Gasteiger partial charge in [0, 0.05) is 6.54 Å². The first-order valence-corrected chi connectivity index (χ1v) is 13.6. The molecule has 0 atom stereocenters. The van der Waals surface area contributed by atoms with E-state index in [0.29, 0.717) is 12.8 Å². The third-order valence-electron chi connectivity index (χ3n) is 8.47. The largest absolute Gasteiger partial charge is 0.496 e. The number of Topliss-reactive ketones (excluding diaryl/α,β-unsaturated/α-hetero) is 1. The number of carbonyl (C=O) groups is 3. The van der Waals surface area contributed by atoms with Gasteiger partial charge in [-0.05, 0) is 68.9 Å². The van der Waals surface area contributed by atoms with Gasteiger partial charge in [0.25, 0.3) is 5.91 Å². The lowest BCUT2D eigenvalue weighted by Crippen LogP contribution is -2.45. The van der Waals surface area contributed by atoms with E-state index in [0.717, 1.165) is 21.8 Å². The van der Waals surface area contributed by atoms with Crippen LogP contribution < -0.4 is 4.74 Å². The van der Waals surface area contributed by atoms with Crippen LogP contribution >= 0.6 is 0 Å². The fourth-order valence-corrected chi connectivity index (χ4v) is 6.31. The van der Waals surface area contributed by atoms with Gasteiger partial charge >= 0.3 is 12.1 Å². The molecule has 2 fully saturated rings. The van der Waals surface area contributed by atoms with Crippen LogP contribution in [0.1, 0.15) is 91.7 Å². The van der Waals surface area contributed by atoms with E-state index in [9.17, 15) is 37.1 Å². The van der Waals surface area contributed by atoms with Crippen molar-refractivity contribution in [3.8, 4) is 5.75 Å². The molecule has 224 valence electrons. The van der Waals surface area contributed by atoms with Crippen molar-refractivity contribution < 1.29 is 41.8 Å². The third kappa shape index (κ3) is 6.25. The van der Waals surface area contributed by atoms with Crippen LogP contribution in [0.2, 0.25) is 0 Å². The number of carbonyl (C=O) groups excluding carboxylic acids is 2.